The van der Waals surface area contributed by atoms with Crippen molar-refractivity contribution in [3.8, 4) is 22.5 Å². The number of aliphatic hydroxyl groups excluding tert-OH is 1. The number of H-pyrrole nitrogens is 1. The van der Waals surface area contributed by atoms with Gasteiger partial charge < -0.3 is 10.0 Å². The van der Waals surface area contributed by atoms with Crippen LogP contribution in [0.15, 0.2) is 42.2 Å². The number of hydrogen-bond donors (Lipinski definition) is 2. The number of hydrogen-bond acceptors (Lipinski definition) is 4. The standard InChI is InChI=1S/C26H30N4O/c1-3-30(4-2)12-11-17-13-18-5-6-20(26-27-16-28-29-26)15-23(18)25-19(14-17)7-8-21-22(25)9-10-24(21)31/h5-8,14-16,24,31H,3-4,9-13H2,1-2H3,(H,27,28,29). The largest absolute Gasteiger partial charge is 0.388 e. The fourth-order valence-electron chi connectivity index (χ4n) is 5.11. The molecule has 2 aliphatic carbocycles. The summed E-state index contributed by atoms with van der Waals surface area (Å²) in [5, 5.41) is 17.5. The molecule has 0 saturated carbocycles. The minimum Gasteiger partial charge on any atom is -0.388 e. The van der Waals surface area contributed by atoms with Crippen molar-refractivity contribution in [2.45, 2.75) is 45.6 Å². The Morgan fingerprint density at radius 3 is 2.81 bits per heavy atom. The topological polar surface area (TPSA) is 65.0 Å². The van der Waals surface area contributed by atoms with Crippen LogP contribution in [-0.4, -0.2) is 44.8 Å². The summed E-state index contributed by atoms with van der Waals surface area (Å²) in [5.74, 6) is 0.788. The Balaban J connectivity index is 1.63. The van der Waals surface area contributed by atoms with E-state index in [-0.39, 0.29) is 6.10 Å². The minimum atomic E-state index is -0.351. The predicted octanol–water partition coefficient (Wildman–Crippen LogP) is 4.79. The summed E-state index contributed by atoms with van der Waals surface area (Å²) in [5.41, 5.74) is 10.1. The van der Waals surface area contributed by atoms with Crippen molar-refractivity contribution in [1.82, 2.24) is 20.1 Å². The predicted molar refractivity (Wildman–Crippen MR) is 125 cm³/mol. The first-order valence-corrected chi connectivity index (χ1v) is 11.4. The Kier molecular flexibility index (Phi) is 5.47. The van der Waals surface area contributed by atoms with E-state index in [0.29, 0.717) is 0 Å². The molecule has 0 amide bonds. The molecule has 0 bridgehead atoms. The third-order valence-electron chi connectivity index (χ3n) is 6.90. The number of aliphatic hydroxyl groups is 1. The quantitative estimate of drug-likeness (QED) is 0.609. The monoisotopic (exact) mass is 414 g/mol. The molecule has 0 fully saturated rings. The van der Waals surface area contributed by atoms with Crippen molar-refractivity contribution in [2.75, 3.05) is 19.6 Å². The minimum absolute atomic E-state index is 0.351. The average Bonchev–Trinajstić information content (AvgIpc) is 3.42. The van der Waals surface area contributed by atoms with Crippen LogP contribution < -0.4 is 0 Å². The molecule has 1 unspecified atom stereocenters. The molecule has 5 rings (SSSR count). The highest BCUT2D eigenvalue weighted by molar-refractivity contribution is 5.86. The van der Waals surface area contributed by atoms with Crippen LogP contribution in [0.3, 0.4) is 0 Å². The van der Waals surface area contributed by atoms with Crippen LogP contribution in [0, 0.1) is 0 Å². The molecule has 5 heteroatoms. The highest BCUT2D eigenvalue weighted by atomic mass is 16.3. The van der Waals surface area contributed by atoms with Crippen LogP contribution in [-0.2, 0) is 12.8 Å². The summed E-state index contributed by atoms with van der Waals surface area (Å²) in [7, 11) is 0. The summed E-state index contributed by atoms with van der Waals surface area (Å²) in [4.78, 5) is 6.84. The molecule has 0 saturated heterocycles. The molecule has 0 radical (unpaired) electrons. The van der Waals surface area contributed by atoms with Gasteiger partial charge in [0.15, 0.2) is 5.82 Å². The zero-order chi connectivity index (χ0) is 21.4. The van der Waals surface area contributed by atoms with Gasteiger partial charge in [0, 0.05) is 12.1 Å². The fourth-order valence-corrected chi connectivity index (χ4v) is 5.11. The number of aromatic amines is 1. The van der Waals surface area contributed by atoms with Gasteiger partial charge >= 0.3 is 0 Å². The second-order valence-corrected chi connectivity index (χ2v) is 8.61. The maximum absolute atomic E-state index is 10.5. The summed E-state index contributed by atoms with van der Waals surface area (Å²) < 4.78 is 0. The maximum atomic E-state index is 10.5. The molecule has 2 aliphatic rings. The van der Waals surface area contributed by atoms with Crippen molar-refractivity contribution in [3.63, 3.8) is 0 Å². The Labute approximate surface area is 183 Å². The van der Waals surface area contributed by atoms with Gasteiger partial charge in [0.1, 0.15) is 6.33 Å². The second kappa shape index (κ2) is 8.40. The molecule has 1 atom stereocenters. The molecule has 2 aromatic carbocycles. The highest BCUT2D eigenvalue weighted by Crippen LogP contribution is 2.44. The van der Waals surface area contributed by atoms with Gasteiger partial charge in [-0.3, -0.25) is 5.10 Å². The Morgan fingerprint density at radius 2 is 2.03 bits per heavy atom. The third-order valence-corrected chi connectivity index (χ3v) is 6.90. The summed E-state index contributed by atoms with van der Waals surface area (Å²) in [6.45, 7) is 7.72. The Bertz CT molecular complexity index is 1110. The van der Waals surface area contributed by atoms with E-state index in [0.717, 1.165) is 62.3 Å². The number of nitrogens with one attached hydrogen (secondary N) is 1. The molecular weight excluding hydrogens is 384 g/mol. The van der Waals surface area contributed by atoms with Crippen molar-refractivity contribution < 1.29 is 5.11 Å². The van der Waals surface area contributed by atoms with Gasteiger partial charge in [0.05, 0.1) is 6.10 Å². The van der Waals surface area contributed by atoms with Gasteiger partial charge in [-0.1, -0.05) is 49.8 Å². The first-order chi connectivity index (χ1) is 15.2. The lowest BCUT2D eigenvalue weighted by molar-refractivity contribution is 0.180. The van der Waals surface area contributed by atoms with Crippen LogP contribution in [0.4, 0.5) is 0 Å². The van der Waals surface area contributed by atoms with Crippen LogP contribution in [0.2, 0.25) is 0 Å². The normalized spacial score (nSPS) is 17.2. The van der Waals surface area contributed by atoms with Crippen molar-refractivity contribution in [1.29, 1.82) is 0 Å². The van der Waals surface area contributed by atoms with E-state index in [1.165, 1.54) is 33.4 Å². The summed E-state index contributed by atoms with van der Waals surface area (Å²) in [6, 6.07) is 11.0. The van der Waals surface area contributed by atoms with E-state index >= 15 is 0 Å². The lowest BCUT2D eigenvalue weighted by Gasteiger charge is -2.19. The zero-order valence-corrected chi connectivity index (χ0v) is 18.4. The van der Waals surface area contributed by atoms with E-state index in [2.05, 4.69) is 70.3 Å². The molecule has 5 nitrogen and oxygen atoms in total. The van der Waals surface area contributed by atoms with Gasteiger partial charge in [0.2, 0.25) is 0 Å². The molecular formula is C26H30N4O. The molecule has 31 heavy (non-hydrogen) atoms. The highest BCUT2D eigenvalue weighted by Gasteiger charge is 2.27. The SMILES string of the molecule is CCN(CC)CCC1=Cc2ccc3c(c2-c2cc(-c4ncn[nH]4)ccc2C1)CCC3O. The van der Waals surface area contributed by atoms with Crippen molar-refractivity contribution in [3.05, 3.63) is 64.5 Å². The van der Waals surface area contributed by atoms with Crippen molar-refractivity contribution >= 4 is 6.08 Å². The smallest absolute Gasteiger partial charge is 0.155 e. The van der Waals surface area contributed by atoms with Crippen molar-refractivity contribution in [2.24, 2.45) is 0 Å². The van der Waals surface area contributed by atoms with E-state index in [9.17, 15) is 5.11 Å². The lowest BCUT2D eigenvalue weighted by Crippen LogP contribution is -2.24. The van der Waals surface area contributed by atoms with Gasteiger partial charge in [-0.15, -0.1) is 0 Å². The van der Waals surface area contributed by atoms with Crippen LogP contribution >= 0.6 is 0 Å². The average molecular weight is 415 g/mol. The van der Waals surface area contributed by atoms with Crippen LogP contribution in [0.5, 0.6) is 0 Å². The van der Waals surface area contributed by atoms with Gasteiger partial charge in [-0.2, -0.15) is 5.10 Å². The zero-order valence-electron chi connectivity index (χ0n) is 18.4. The number of aromatic nitrogens is 3. The number of fused-ring (bicyclic) bond motifs is 5. The van der Waals surface area contributed by atoms with Gasteiger partial charge in [0.25, 0.3) is 0 Å². The number of benzene rings is 2. The lowest BCUT2D eigenvalue weighted by atomic mass is 9.89. The van der Waals surface area contributed by atoms with E-state index in [1.807, 2.05) is 0 Å². The fraction of sp³-hybridized carbons (Fsp3) is 0.385. The molecule has 0 aliphatic heterocycles. The third kappa shape index (κ3) is 3.73. The summed E-state index contributed by atoms with van der Waals surface area (Å²) >= 11 is 0. The van der Waals surface area contributed by atoms with E-state index < -0.39 is 0 Å². The number of nitrogens with zero attached hydrogens (tertiary/aromatic N) is 3. The maximum Gasteiger partial charge on any atom is 0.155 e. The molecule has 0 spiro atoms. The molecule has 1 aromatic heterocycles. The Hall–Kier alpha value is -2.76. The summed E-state index contributed by atoms with van der Waals surface area (Å²) in [6.07, 6.45) is 7.36. The van der Waals surface area contributed by atoms with E-state index in [4.69, 9.17) is 0 Å². The first kappa shape index (κ1) is 20.2. The van der Waals surface area contributed by atoms with E-state index in [1.54, 1.807) is 6.33 Å². The van der Waals surface area contributed by atoms with Gasteiger partial charge in [-0.25, -0.2) is 4.98 Å². The van der Waals surface area contributed by atoms with Crippen LogP contribution in [0.25, 0.3) is 28.6 Å². The molecule has 1 heterocycles. The molecule has 160 valence electrons. The molecule has 3 aromatic rings. The Morgan fingerprint density at radius 1 is 1.16 bits per heavy atom. The van der Waals surface area contributed by atoms with Gasteiger partial charge in [-0.05, 0) is 78.2 Å². The first-order valence-electron chi connectivity index (χ1n) is 11.4. The van der Waals surface area contributed by atoms with Crippen LogP contribution in [0.1, 0.15) is 55.0 Å². The molecule has 2 N–H and O–H groups in total. The number of rotatable bonds is 6. The second-order valence-electron chi connectivity index (χ2n) is 8.61.